The Hall–Kier alpha value is -2.10. The molecule has 0 aliphatic heterocycles. The lowest BCUT2D eigenvalue weighted by atomic mass is 10.1. The van der Waals surface area contributed by atoms with Crippen LogP contribution < -0.4 is 5.43 Å². The fourth-order valence-electron chi connectivity index (χ4n) is 1.59. The number of hydrogen-bond acceptors (Lipinski definition) is 2. The molecule has 0 saturated heterocycles. The first-order valence-corrected chi connectivity index (χ1v) is 4.43. The minimum atomic E-state index is -1.19. The number of fused-ring (bicyclic) bond motifs is 1. The SMILES string of the molecule is Cn1cc(C(=O)O)c(=O)c2ccccc21. The molecule has 0 aliphatic rings. The fraction of sp³-hybridized carbons (Fsp3) is 0.0909. The molecule has 76 valence electrons. The van der Waals surface area contributed by atoms with E-state index < -0.39 is 11.4 Å². The molecule has 0 bridgehead atoms. The van der Waals surface area contributed by atoms with Crippen LogP contribution in [0.25, 0.3) is 10.9 Å². The standard InChI is InChI=1S/C11H9NO3/c1-12-6-8(11(14)15)10(13)7-4-2-3-5-9(7)12/h2-6H,1H3,(H,14,15). The lowest BCUT2D eigenvalue weighted by Crippen LogP contribution is -2.17. The van der Waals surface area contributed by atoms with Crippen molar-refractivity contribution in [1.82, 2.24) is 4.57 Å². The molecule has 4 nitrogen and oxygen atoms in total. The largest absolute Gasteiger partial charge is 0.477 e. The molecule has 2 aromatic rings. The van der Waals surface area contributed by atoms with Gasteiger partial charge in [0, 0.05) is 18.6 Å². The number of carboxylic acid groups (broad SMARTS) is 1. The Bertz CT molecular complexity index is 598. The zero-order chi connectivity index (χ0) is 11.0. The van der Waals surface area contributed by atoms with Crippen molar-refractivity contribution in [3.05, 3.63) is 46.2 Å². The average Bonchev–Trinajstić information content (AvgIpc) is 2.23. The van der Waals surface area contributed by atoms with Gasteiger partial charge in [0.25, 0.3) is 0 Å². The van der Waals surface area contributed by atoms with Crippen molar-refractivity contribution < 1.29 is 9.90 Å². The maximum absolute atomic E-state index is 11.7. The molecule has 0 atom stereocenters. The van der Waals surface area contributed by atoms with E-state index >= 15 is 0 Å². The van der Waals surface area contributed by atoms with Gasteiger partial charge in [0.15, 0.2) is 0 Å². The summed E-state index contributed by atoms with van der Waals surface area (Å²) >= 11 is 0. The van der Waals surface area contributed by atoms with Crippen LogP contribution in [0.15, 0.2) is 35.3 Å². The first-order valence-electron chi connectivity index (χ1n) is 4.43. The summed E-state index contributed by atoms with van der Waals surface area (Å²) in [5.41, 5.74) is 0.0971. The average molecular weight is 203 g/mol. The molecule has 1 N–H and O–H groups in total. The summed E-state index contributed by atoms with van der Waals surface area (Å²) < 4.78 is 1.64. The van der Waals surface area contributed by atoms with Crippen LogP contribution in [0.2, 0.25) is 0 Å². The number of aromatic nitrogens is 1. The zero-order valence-electron chi connectivity index (χ0n) is 8.10. The first kappa shape index (κ1) is 9.45. The number of benzene rings is 1. The Morgan fingerprint density at radius 3 is 2.67 bits per heavy atom. The molecule has 0 radical (unpaired) electrons. The van der Waals surface area contributed by atoms with Gasteiger partial charge < -0.3 is 9.67 Å². The number of aromatic carboxylic acids is 1. The highest BCUT2D eigenvalue weighted by Gasteiger charge is 2.12. The lowest BCUT2D eigenvalue weighted by molar-refractivity contribution is 0.0695. The highest BCUT2D eigenvalue weighted by molar-refractivity contribution is 5.92. The lowest BCUT2D eigenvalue weighted by Gasteiger charge is -2.05. The summed E-state index contributed by atoms with van der Waals surface area (Å²) in [5.74, 6) is -1.19. The van der Waals surface area contributed by atoms with Gasteiger partial charge in [-0.1, -0.05) is 12.1 Å². The van der Waals surface area contributed by atoms with Crippen LogP contribution in [0.5, 0.6) is 0 Å². The van der Waals surface area contributed by atoms with Crippen LogP contribution in [-0.2, 0) is 7.05 Å². The van der Waals surface area contributed by atoms with Gasteiger partial charge in [-0.05, 0) is 12.1 Å². The van der Waals surface area contributed by atoms with E-state index in [4.69, 9.17) is 5.11 Å². The van der Waals surface area contributed by atoms with Crippen LogP contribution in [-0.4, -0.2) is 15.6 Å². The molecule has 15 heavy (non-hydrogen) atoms. The van der Waals surface area contributed by atoms with Crippen molar-refractivity contribution in [3.63, 3.8) is 0 Å². The van der Waals surface area contributed by atoms with E-state index in [1.54, 1.807) is 29.8 Å². The van der Waals surface area contributed by atoms with Crippen molar-refractivity contribution in [3.8, 4) is 0 Å². The molecule has 0 fully saturated rings. The van der Waals surface area contributed by atoms with E-state index in [0.717, 1.165) is 5.52 Å². The zero-order valence-corrected chi connectivity index (χ0v) is 8.10. The quantitative estimate of drug-likeness (QED) is 0.758. The minimum absolute atomic E-state index is 0.198. The Balaban J connectivity index is 2.97. The van der Waals surface area contributed by atoms with Crippen LogP contribution >= 0.6 is 0 Å². The number of nitrogens with zero attached hydrogens (tertiary/aromatic N) is 1. The number of rotatable bonds is 1. The van der Waals surface area contributed by atoms with Gasteiger partial charge in [0.2, 0.25) is 5.43 Å². The molecule has 0 amide bonds. The maximum Gasteiger partial charge on any atom is 0.341 e. The Labute approximate surface area is 85.4 Å². The summed E-state index contributed by atoms with van der Waals surface area (Å²) in [5, 5.41) is 9.27. The van der Waals surface area contributed by atoms with E-state index in [0.29, 0.717) is 5.39 Å². The van der Waals surface area contributed by atoms with Gasteiger partial charge >= 0.3 is 5.97 Å². The third kappa shape index (κ3) is 1.40. The number of para-hydroxylation sites is 1. The predicted molar refractivity (Wildman–Crippen MR) is 56.1 cm³/mol. The second-order valence-electron chi connectivity index (χ2n) is 3.31. The van der Waals surface area contributed by atoms with E-state index in [9.17, 15) is 9.59 Å². The summed E-state index contributed by atoms with van der Waals surface area (Å²) in [6.45, 7) is 0. The number of aryl methyl sites for hydroxylation is 1. The van der Waals surface area contributed by atoms with E-state index in [1.165, 1.54) is 6.20 Å². The molecule has 0 saturated carbocycles. The van der Waals surface area contributed by atoms with Gasteiger partial charge in [-0.3, -0.25) is 4.79 Å². The molecule has 2 rings (SSSR count). The molecule has 1 aromatic carbocycles. The molecule has 0 unspecified atom stereocenters. The molecular formula is C11H9NO3. The van der Waals surface area contributed by atoms with Crippen molar-refractivity contribution in [1.29, 1.82) is 0 Å². The van der Waals surface area contributed by atoms with Gasteiger partial charge in [-0.15, -0.1) is 0 Å². The predicted octanol–water partition coefficient (Wildman–Crippen LogP) is 1.24. The number of carboxylic acids is 1. The van der Waals surface area contributed by atoms with Crippen LogP contribution in [0.3, 0.4) is 0 Å². The molecule has 4 heteroatoms. The van der Waals surface area contributed by atoms with Crippen molar-refractivity contribution in [2.24, 2.45) is 7.05 Å². The van der Waals surface area contributed by atoms with E-state index in [1.807, 2.05) is 6.07 Å². The van der Waals surface area contributed by atoms with Gasteiger partial charge in [-0.2, -0.15) is 0 Å². The number of hydrogen-bond donors (Lipinski definition) is 1. The third-order valence-corrected chi connectivity index (χ3v) is 2.33. The van der Waals surface area contributed by atoms with Crippen LogP contribution in [0.4, 0.5) is 0 Å². The summed E-state index contributed by atoms with van der Waals surface area (Å²) in [6, 6.07) is 6.93. The molecular weight excluding hydrogens is 194 g/mol. The number of pyridine rings is 1. The minimum Gasteiger partial charge on any atom is -0.477 e. The van der Waals surface area contributed by atoms with E-state index in [2.05, 4.69) is 0 Å². The summed E-state index contributed by atoms with van der Waals surface area (Å²) in [7, 11) is 1.72. The molecule has 0 aliphatic carbocycles. The Morgan fingerprint density at radius 2 is 2.00 bits per heavy atom. The highest BCUT2D eigenvalue weighted by atomic mass is 16.4. The maximum atomic E-state index is 11.7. The summed E-state index contributed by atoms with van der Waals surface area (Å²) in [6.07, 6.45) is 1.34. The smallest absolute Gasteiger partial charge is 0.341 e. The van der Waals surface area contributed by atoms with Crippen molar-refractivity contribution >= 4 is 16.9 Å². The highest BCUT2D eigenvalue weighted by Crippen LogP contribution is 2.09. The Morgan fingerprint density at radius 1 is 1.33 bits per heavy atom. The monoisotopic (exact) mass is 203 g/mol. The van der Waals surface area contributed by atoms with Gasteiger partial charge in [0.05, 0.1) is 5.52 Å². The van der Waals surface area contributed by atoms with Gasteiger partial charge in [-0.25, -0.2) is 4.79 Å². The number of carbonyl (C=O) groups is 1. The summed E-state index contributed by atoms with van der Waals surface area (Å²) in [4.78, 5) is 22.5. The fourth-order valence-corrected chi connectivity index (χ4v) is 1.59. The normalized spacial score (nSPS) is 10.5. The van der Waals surface area contributed by atoms with Crippen molar-refractivity contribution in [2.45, 2.75) is 0 Å². The van der Waals surface area contributed by atoms with Crippen LogP contribution in [0, 0.1) is 0 Å². The third-order valence-electron chi connectivity index (χ3n) is 2.33. The van der Waals surface area contributed by atoms with E-state index in [-0.39, 0.29) is 5.56 Å². The van der Waals surface area contributed by atoms with Gasteiger partial charge in [0.1, 0.15) is 5.56 Å². The molecule has 0 spiro atoms. The van der Waals surface area contributed by atoms with Crippen molar-refractivity contribution in [2.75, 3.05) is 0 Å². The first-order chi connectivity index (χ1) is 7.11. The Kier molecular flexibility index (Phi) is 2.04. The molecule has 1 aromatic heterocycles. The van der Waals surface area contributed by atoms with Crippen LogP contribution in [0.1, 0.15) is 10.4 Å². The second-order valence-corrected chi connectivity index (χ2v) is 3.31. The topological polar surface area (TPSA) is 59.3 Å². The molecule has 1 heterocycles. The second kappa shape index (κ2) is 3.24.